The first-order chi connectivity index (χ1) is 8.38. The van der Waals surface area contributed by atoms with Crippen LogP contribution in [0.3, 0.4) is 0 Å². The van der Waals surface area contributed by atoms with Gasteiger partial charge >= 0.3 is 5.69 Å². The summed E-state index contributed by atoms with van der Waals surface area (Å²) in [4.78, 5) is 9.66. The Morgan fingerprint density at radius 2 is 2.06 bits per heavy atom. The summed E-state index contributed by atoms with van der Waals surface area (Å²) < 4.78 is 13.5. The first-order valence-corrected chi connectivity index (χ1v) is 5.65. The van der Waals surface area contributed by atoms with Gasteiger partial charge in [-0.05, 0) is 12.2 Å². The second-order valence-corrected chi connectivity index (χ2v) is 4.09. The molecule has 0 bridgehead atoms. The van der Waals surface area contributed by atoms with Crippen molar-refractivity contribution in [1.29, 1.82) is 0 Å². The highest BCUT2D eigenvalue weighted by molar-refractivity contribution is 7.80. The van der Waals surface area contributed by atoms with E-state index in [2.05, 4.69) is 12.6 Å². The van der Waals surface area contributed by atoms with Crippen LogP contribution in [-0.4, -0.2) is 32.1 Å². The third kappa shape index (κ3) is 3.09. The van der Waals surface area contributed by atoms with Gasteiger partial charge in [0.15, 0.2) is 5.75 Å². The smallest absolute Gasteiger partial charge is 0.311 e. The predicted octanol–water partition coefficient (Wildman–Crippen LogP) is 1.15. The largest absolute Gasteiger partial charge is 0.502 e. The summed E-state index contributed by atoms with van der Waals surface area (Å²) in [6.45, 7) is 0. The van der Waals surface area contributed by atoms with Gasteiger partial charge in [0.05, 0.1) is 11.0 Å². The second-order valence-electron chi connectivity index (χ2n) is 3.64. The van der Waals surface area contributed by atoms with E-state index in [0.29, 0.717) is 12.1 Å². The van der Waals surface area contributed by atoms with Crippen LogP contribution in [0.25, 0.3) is 0 Å². The lowest BCUT2D eigenvalue weighted by Gasteiger charge is -2.17. The average molecular weight is 277 g/mol. The summed E-state index contributed by atoms with van der Waals surface area (Å²) in [7, 11) is 0. The fourth-order valence-corrected chi connectivity index (χ4v) is 1.70. The van der Waals surface area contributed by atoms with Crippen LogP contribution in [0.2, 0.25) is 0 Å². The number of aliphatic hydroxyl groups excluding tert-OH is 2. The van der Waals surface area contributed by atoms with Gasteiger partial charge in [-0.2, -0.15) is 12.6 Å². The fourth-order valence-electron chi connectivity index (χ4n) is 1.44. The summed E-state index contributed by atoms with van der Waals surface area (Å²) in [6, 6.07) is 1.24. The molecule has 3 N–H and O–H groups in total. The molecular weight excluding hydrogens is 265 g/mol. The van der Waals surface area contributed by atoms with E-state index in [9.17, 15) is 29.8 Å². The minimum absolute atomic E-state index is 0.0956. The van der Waals surface area contributed by atoms with Crippen molar-refractivity contribution in [3.8, 4) is 5.75 Å². The van der Waals surface area contributed by atoms with Gasteiger partial charge in [0.1, 0.15) is 11.9 Å². The minimum atomic E-state index is -1.61. The Balaban J connectivity index is 3.15. The lowest BCUT2D eigenvalue weighted by atomic mass is 10.0. The number of hydrogen-bond acceptors (Lipinski definition) is 6. The number of phenols is 1. The van der Waals surface area contributed by atoms with E-state index in [-0.39, 0.29) is 12.2 Å². The number of phenolic OH excluding ortho intramolecular Hbond substituents is 1. The first-order valence-electron chi connectivity index (χ1n) is 5.02. The van der Waals surface area contributed by atoms with Gasteiger partial charge in [0.25, 0.3) is 0 Å². The summed E-state index contributed by atoms with van der Waals surface area (Å²) >= 11 is 3.85. The van der Waals surface area contributed by atoms with Crippen molar-refractivity contribution in [2.75, 3.05) is 5.75 Å². The normalized spacial score (nSPS) is 14.2. The predicted molar refractivity (Wildman–Crippen MR) is 64.2 cm³/mol. The Labute approximate surface area is 107 Å². The Hall–Kier alpha value is -1.38. The Kier molecular flexibility index (Phi) is 4.88. The maximum absolute atomic E-state index is 13.5. The standard InChI is InChI=1S/C10H12FNO5S/c11-6-4-9(14)7(12(16)17)3-5(6)10(15)8(13)1-2-18/h3-4,8,10,13-15,18H,1-2H2. The number of benzene rings is 1. The van der Waals surface area contributed by atoms with Crippen molar-refractivity contribution in [2.45, 2.75) is 18.6 Å². The van der Waals surface area contributed by atoms with Crippen LogP contribution in [0.4, 0.5) is 10.1 Å². The van der Waals surface area contributed by atoms with Gasteiger partial charge in [0, 0.05) is 17.7 Å². The molecule has 0 radical (unpaired) electrons. The number of nitro groups is 1. The summed E-state index contributed by atoms with van der Waals surface area (Å²) in [5, 5.41) is 38.9. The molecule has 0 heterocycles. The molecule has 0 fully saturated rings. The maximum Gasteiger partial charge on any atom is 0.311 e. The minimum Gasteiger partial charge on any atom is -0.502 e. The molecule has 0 amide bonds. The number of hydrogen-bond donors (Lipinski definition) is 4. The van der Waals surface area contributed by atoms with Crippen LogP contribution in [0.15, 0.2) is 12.1 Å². The maximum atomic E-state index is 13.5. The third-order valence-electron chi connectivity index (χ3n) is 2.40. The van der Waals surface area contributed by atoms with Crippen LogP contribution in [0.1, 0.15) is 18.1 Å². The highest BCUT2D eigenvalue weighted by Crippen LogP contribution is 2.32. The molecule has 0 aliphatic heterocycles. The van der Waals surface area contributed by atoms with Crippen molar-refractivity contribution in [2.24, 2.45) is 0 Å². The van der Waals surface area contributed by atoms with E-state index < -0.39 is 39.9 Å². The molecule has 100 valence electrons. The second kappa shape index (κ2) is 5.98. The molecule has 1 aromatic carbocycles. The lowest BCUT2D eigenvalue weighted by molar-refractivity contribution is -0.386. The summed E-state index contributed by atoms with van der Waals surface area (Å²) in [6.07, 6.45) is -2.81. The Morgan fingerprint density at radius 3 is 2.56 bits per heavy atom. The van der Waals surface area contributed by atoms with Crippen molar-refractivity contribution < 1.29 is 24.6 Å². The molecule has 0 aliphatic carbocycles. The SMILES string of the molecule is O=[N+]([O-])c1cc(C(O)C(O)CCS)c(F)cc1O. The van der Waals surface area contributed by atoms with Crippen LogP contribution in [-0.2, 0) is 0 Å². The zero-order valence-corrected chi connectivity index (χ0v) is 10.0. The lowest BCUT2D eigenvalue weighted by Crippen LogP contribution is -2.20. The molecule has 0 aliphatic rings. The van der Waals surface area contributed by atoms with E-state index in [1.807, 2.05) is 0 Å². The van der Waals surface area contributed by atoms with E-state index in [4.69, 9.17) is 0 Å². The van der Waals surface area contributed by atoms with Crippen molar-refractivity contribution >= 4 is 18.3 Å². The first kappa shape index (κ1) is 14.7. The number of thiol groups is 1. The number of aromatic hydroxyl groups is 1. The Morgan fingerprint density at radius 1 is 1.44 bits per heavy atom. The van der Waals surface area contributed by atoms with Crippen LogP contribution in [0.5, 0.6) is 5.75 Å². The van der Waals surface area contributed by atoms with Gasteiger partial charge in [0.2, 0.25) is 0 Å². The summed E-state index contributed by atoms with van der Waals surface area (Å²) in [5.74, 6) is -1.60. The number of aliphatic hydroxyl groups is 2. The fraction of sp³-hybridized carbons (Fsp3) is 0.400. The molecule has 8 heteroatoms. The topological polar surface area (TPSA) is 104 Å². The number of nitrogens with zero attached hydrogens (tertiary/aromatic N) is 1. The van der Waals surface area contributed by atoms with E-state index in [1.165, 1.54) is 0 Å². The molecule has 0 saturated carbocycles. The van der Waals surface area contributed by atoms with E-state index >= 15 is 0 Å². The quantitative estimate of drug-likeness (QED) is 0.367. The highest BCUT2D eigenvalue weighted by atomic mass is 32.1. The van der Waals surface area contributed by atoms with Gasteiger partial charge in [-0.3, -0.25) is 10.1 Å². The van der Waals surface area contributed by atoms with E-state index in [1.54, 1.807) is 0 Å². The monoisotopic (exact) mass is 277 g/mol. The molecule has 1 aromatic rings. The Bertz CT molecular complexity index is 456. The summed E-state index contributed by atoms with van der Waals surface area (Å²) in [5.41, 5.74) is -1.17. The van der Waals surface area contributed by atoms with Gasteiger partial charge in [-0.15, -0.1) is 0 Å². The van der Waals surface area contributed by atoms with Crippen LogP contribution < -0.4 is 0 Å². The molecule has 2 unspecified atom stereocenters. The molecule has 18 heavy (non-hydrogen) atoms. The van der Waals surface area contributed by atoms with Crippen molar-refractivity contribution in [1.82, 2.24) is 0 Å². The molecule has 0 saturated heterocycles. The molecule has 1 rings (SSSR count). The zero-order chi connectivity index (χ0) is 13.9. The zero-order valence-electron chi connectivity index (χ0n) is 9.15. The molecule has 2 atom stereocenters. The molecular formula is C10H12FNO5S. The number of nitro benzene ring substituents is 1. The van der Waals surface area contributed by atoms with Gasteiger partial charge in [-0.1, -0.05) is 0 Å². The molecule has 0 aromatic heterocycles. The highest BCUT2D eigenvalue weighted by Gasteiger charge is 2.26. The molecule has 0 spiro atoms. The van der Waals surface area contributed by atoms with Crippen molar-refractivity contribution in [3.63, 3.8) is 0 Å². The van der Waals surface area contributed by atoms with Crippen molar-refractivity contribution in [3.05, 3.63) is 33.6 Å². The molecule has 6 nitrogen and oxygen atoms in total. The van der Waals surface area contributed by atoms with E-state index in [0.717, 1.165) is 0 Å². The van der Waals surface area contributed by atoms with Crippen LogP contribution >= 0.6 is 12.6 Å². The number of halogens is 1. The average Bonchev–Trinajstić information content (AvgIpc) is 2.28. The third-order valence-corrected chi connectivity index (χ3v) is 2.66. The van der Waals surface area contributed by atoms with Gasteiger partial charge in [-0.25, -0.2) is 4.39 Å². The van der Waals surface area contributed by atoms with Gasteiger partial charge < -0.3 is 15.3 Å². The number of rotatable bonds is 5. The van der Waals surface area contributed by atoms with Crippen LogP contribution in [0, 0.1) is 15.9 Å².